The fourth-order valence-electron chi connectivity index (χ4n) is 7.44. The van der Waals surface area contributed by atoms with E-state index in [1.807, 2.05) is 0 Å². The molecule has 0 atom stereocenters. The molecular formula is C23H31N5O3S. The van der Waals surface area contributed by atoms with Crippen LogP contribution in [0.2, 0.25) is 0 Å². The van der Waals surface area contributed by atoms with Gasteiger partial charge in [0.1, 0.15) is 22.7 Å². The third-order valence-electron chi connectivity index (χ3n) is 8.33. The summed E-state index contributed by atoms with van der Waals surface area (Å²) in [5.41, 5.74) is 2.66. The van der Waals surface area contributed by atoms with Crippen LogP contribution in [0.15, 0.2) is 15.7 Å². The van der Waals surface area contributed by atoms with E-state index in [2.05, 4.69) is 20.4 Å². The van der Waals surface area contributed by atoms with Crippen LogP contribution in [-0.4, -0.2) is 40.9 Å². The van der Waals surface area contributed by atoms with Crippen LogP contribution in [0.1, 0.15) is 61.2 Å². The van der Waals surface area contributed by atoms with E-state index in [0.29, 0.717) is 29.8 Å². The van der Waals surface area contributed by atoms with Gasteiger partial charge >= 0.3 is 0 Å². The second kappa shape index (κ2) is 7.25. The standard InChI is InChI=1S/C23H31N5O3S/c1-14-21(15(2)31-27-14)32(29,30)28-4-3-19-20(11-28)25-13-26-22(19)24-12-23-8-16-5-17(9-23)7-18(6-16)10-23/h13,16-18H,3-12H2,1-2H3,(H,24,25,26). The molecule has 4 bridgehead atoms. The van der Waals surface area contributed by atoms with Crippen molar-refractivity contribution in [3.05, 3.63) is 29.0 Å². The van der Waals surface area contributed by atoms with Crippen LogP contribution < -0.4 is 5.32 Å². The lowest BCUT2D eigenvalue weighted by atomic mass is 9.49. The molecule has 8 nitrogen and oxygen atoms in total. The van der Waals surface area contributed by atoms with Crippen molar-refractivity contribution in [2.75, 3.05) is 18.4 Å². The molecule has 0 aromatic carbocycles. The number of nitrogens with zero attached hydrogens (tertiary/aromatic N) is 4. The lowest BCUT2D eigenvalue weighted by Gasteiger charge is -2.57. The highest BCUT2D eigenvalue weighted by Crippen LogP contribution is 2.59. The molecule has 0 unspecified atom stereocenters. The molecule has 4 saturated carbocycles. The fourth-order valence-corrected chi connectivity index (χ4v) is 9.13. The summed E-state index contributed by atoms with van der Waals surface area (Å²) in [4.78, 5) is 9.18. The highest BCUT2D eigenvalue weighted by Gasteiger charge is 2.50. The second-order valence-electron chi connectivity index (χ2n) is 10.7. The van der Waals surface area contributed by atoms with Crippen molar-refractivity contribution < 1.29 is 12.9 Å². The number of nitrogens with one attached hydrogen (secondary N) is 1. The first-order valence-corrected chi connectivity index (χ1v) is 13.3. The maximum atomic E-state index is 13.2. The van der Waals surface area contributed by atoms with Gasteiger partial charge in [0, 0.05) is 18.7 Å². The largest absolute Gasteiger partial charge is 0.369 e. The molecule has 1 N–H and O–H groups in total. The lowest BCUT2D eigenvalue weighted by molar-refractivity contribution is -0.0444. The Bertz CT molecular complexity index is 1100. The van der Waals surface area contributed by atoms with Crippen LogP contribution in [0.5, 0.6) is 0 Å². The van der Waals surface area contributed by atoms with Gasteiger partial charge in [-0.25, -0.2) is 18.4 Å². The Morgan fingerprint density at radius 1 is 1.12 bits per heavy atom. The molecule has 32 heavy (non-hydrogen) atoms. The van der Waals surface area contributed by atoms with Crippen molar-refractivity contribution in [2.24, 2.45) is 23.2 Å². The van der Waals surface area contributed by atoms with Crippen molar-refractivity contribution in [3.63, 3.8) is 0 Å². The average molecular weight is 458 g/mol. The lowest BCUT2D eigenvalue weighted by Crippen LogP contribution is -2.49. The number of hydrogen-bond donors (Lipinski definition) is 1. The van der Waals surface area contributed by atoms with Gasteiger partial charge in [-0.05, 0) is 82.0 Å². The Labute approximate surface area is 189 Å². The van der Waals surface area contributed by atoms with Gasteiger partial charge in [-0.15, -0.1) is 0 Å². The Morgan fingerprint density at radius 2 is 1.81 bits per heavy atom. The molecule has 0 saturated heterocycles. The zero-order valence-electron chi connectivity index (χ0n) is 18.8. The Hall–Kier alpha value is -2.00. The number of rotatable bonds is 5. The van der Waals surface area contributed by atoms with E-state index in [1.165, 1.54) is 42.8 Å². The van der Waals surface area contributed by atoms with Crippen molar-refractivity contribution in [2.45, 2.75) is 70.2 Å². The van der Waals surface area contributed by atoms with Crippen LogP contribution in [0.4, 0.5) is 5.82 Å². The number of sulfonamides is 1. The monoisotopic (exact) mass is 457 g/mol. The predicted octanol–water partition coefficient (Wildman–Crippen LogP) is 3.46. The summed E-state index contributed by atoms with van der Waals surface area (Å²) >= 11 is 0. The van der Waals surface area contributed by atoms with Gasteiger partial charge in [-0.1, -0.05) is 5.16 Å². The molecule has 0 amide bonds. The van der Waals surface area contributed by atoms with Gasteiger partial charge in [0.05, 0.1) is 12.2 Å². The highest BCUT2D eigenvalue weighted by molar-refractivity contribution is 7.89. The number of hydrogen-bond acceptors (Lipinski definition) is 7. The molecule has 0 radical (unpaired) electrons. The topological polar surface area (TPSA) is 101 Å². The molecule has 2 aromatic rings. The zero-order valence-corrected chi connectivity index (χ0v) is 19.6. The molecule has 9 heteroatoms. The van der Waals surface area contributed by atoms with E-state index in [1.54, 1.807) is 20.2 Å². The third kappa shape index (κ3) is 3.27. The summed E-state index contributed by atoms with van der Waals surface area (Å²) in [6.07, 6.45) is 10.5. The average Bonchev–Trinajstić information content (AvgIpc) is 3.09. The first-order valence-electron chi connectivity index (χ1n) is 11.8. The molecule has 4 aliphatic carbocycles. The second-order valence-corrected chi connectivity index (χ2v) is 12.5. The Kier molecular flexibility index (Phi) is 4.67. The minimum atomic E-state index is -3.68. The molecule has 0 spiro atoms. The van der Waals surface area contributed by atoms with Gasteiger partial charge in [0.2, 0.25) is 10.0 Å². The first-order chi connectivity index (χ1) is 15.3. The van der Waals surface area contributed by atoms with Crippen molar-refractivity contribution in [1.82, 2.24) is 19.4 Å². The summed E-state index contributed by atoms with van der Waals surface area (Å²) in [6, 6.07) is 0. The SMILES string of the molecule is Cc1noc(C)c1S(=O)(=O)N1CCc2c(ncnc2NCC23CC4CC(CC(C4)C2)C3)C1. The molecule has 5 aliphatic rings. The van der Waals surface area contributed by atoms with Crippen LogP contribution in [-0.2, 0) is 23.0 Å². The van der Waals surface area contributed by atoms with Gasteiger partial charge < -0.3 is 9.84 Å². The predicted molar refractivity (Wildman–Crippen MR) is 118 cm³/mol. The van der Waals surface area contributed by atoms with E-state index in [9.17, 15) is 8.42 Å². The molecular weight excluding hydrogens is 426 g/mol. The van der Waals surface area contributed by atoms with Crippen LogP contribution in [0, 0.1) is 37.0 Å². The van der Waals surface area contributed by atoms with Crippen molar-refractivity contribution >= 4 is 15.8 Å². The van der Waals surface area contributed by atoms with Crippen LogP contribution >= 0.6 is 0 Å². The minimum absolute atomic E-state index is 0.176. The van der Waals surface area contributed by atoms with E-state index < -0.39 is 10.0 Å². The van der Waals surface area contributed by atoms with E-state index in [4.69, 9.17) is 4.52 Å². The van der Waals surface area contributed by atoms with Crippen LogP contribution in [0.25, 0.3) is 0 Å². The summed E-state index contributed by atoms with van der Waals surface area (Å²) in [5, 5.41) is 7.51. The maximum Gasteiger partial charge on any atom is 0.248 e. The summed E-state index contributed by atoms with van der Waals surface area (Å²) in [7, 11) is -3.68. The van der Waals surface area contributed by atoms with Gasteiger partial charge in [0.25, 0.3) is 0 Å². The van der Waals surface area contributed by atoms with E-state index in [0.717, 1.165) is 41.4 Å². The van der Waals surface area contributed by atoms with Gasteiger partial charge in [0.15, 0.2) is 5.76 Å². The summed E-state index contributed by atoms with van der Waals surface area (Å²) in [6.45, 7) is 4.92. The van der Waals surface area contributed by atoms with Crippen LogP contribution in [0.3, 0.4) is 0 Å². The van der Waals surface area contributed by atoms with Gasteiger partial charge in [-0.2, -0.15) is 4.31 Å². The maximum absolute atomic E-state index is 13.2. The summed E-state index contributed by atoms with van der Waals surface area (Å²) in [5.74, 6) is 3.98. The summed E-state index contributed by atoms with van der Waals surface area (Å²) < 4.78 is 33.1. The molecule has 2 aromatic heterocycles. The van der Waals surface area contributed by atoms with E-state index in [-0.39, 0.29) is 11.4 Å². The molecule has 4 fully saturated rings. The van der Waals surface area contributed by atoms with Crippen molar-refractivity contribution in [1.29, 1.82) is 0 Å². The Morgan fingerprint density at radius 3 is 2.44 bits per heavy atom. The number of fused-ring (bicyclic) bond motifs is 1. The quantitative estimate of drug-likeness (QED) is 0.734. The fraction of sp³-hybridized carbons (Fsp3) is 0.696. The number of anilines is 1. The minimum Gasteiger partial charge on any atom is -0.369 e. The molecule has 1 aliphatic heterocycles. The molecule has 3 heterocycles. The van der Waals surface area contributed by atoms with E-state index >= 15 is 0 Å². The zero-order chi connectivity index (χ0) is 22.1. The molecule has 172 valence electrons. The Balaban J connectivity index is 1.21. The van der Waals surface area contributed by atoms with Gasteiger partial charge in [-0.3, -0.25) is 0 Å². The molecule has 7 rings (SSSR count). The number of aromatic nitrogens is 3. The van der Waals surface area contributed by atoms with Crippen molar-refractivity contribution in [3.8, 4) is 0 Å². The normalized spacial score (nSPS) is 31.6. The highest BCUT2D eigenvalue weighted by atomic mass is 32.2. The first kappa shape index (κ1) is 20.6. The number of aryl methyl sites for hydroxylation is 2. The smallest absolute Gasteiger partial charge is 0.248 e. The third-order valence-corrected chi connectivity index (χ3v) is 10.4.